The molecule has 0 aliphatic heterocycles. The topological polar surface area (TPSA) is 33.2 Å². The minimum atomic E-state index is -0.333. The number of rotatable bonds is 2. The number of amides is 1. The van der Waals surface area contributed by atoms with Gasteiger partial charge in [-0.05, 0) is 37.3 Å². The molecule has 1 amide bonds. The molecule has 0 bridgehead atoms. The van der Waals surface area contributed by atoms with Crippen molar-refractivity contribution in [1.29, 1.82) is 0 Å². The van der Waals surface area contributed by atoms with Gasteiger partial charge in [0.15, 0.2) is 0 Å². The molecule has 4 heteroatoms. The first-order chi connectivity index (χ1) is 10.6. The van der Waals surface area contributed by atoms with Gasteiger partial charge in [0.1, 0.15) is 5.82 Å². The third kappa shape index (κ3) is 2.55. The molecule has 3 nitrogen and oxygen atoms in total. The quantitative estimate of drug-likeness (QED) is 0.717. The Morgan fingerprint density at radius 2 is 1.82 bits per heavy atom. The van der Waals surface area contributed by atoms with Gasteiger partial charge in [-0.15, -0.1) is 0 Å². The van der Waals surface area contributed by atoms with Crippen molar-refractivity contribution in [2.75, 3.05) is 11.9 Å². The van der Waals surface area contributed by atoms with Crippen molar-refractivity contribution in [3.05, 3.63) is 71.7 Å². The number of benzene rings is 2. The van der Waals surface area contributed by atoms with Crippen molar-refractivity contribution in [1.82, 2.24) is 4.98 Å². The number of halogens is 1. The third-order valence-corrected chi connectivity index (χ3v) is 3.65. The molecule has 1 aromatic heterocycles. The zero-order valence-corrected chi connectivity index (χ0v) is 12.4. The van der Waals surface area contributed by atoms with E-state index < -0.39 is 0 Å². The zero-order valence-electron chi connectivity index (χ0n) is 12.4. The number of fused-ring (bicyclic) bond motifs is 1. The van der Waals surface area contributed by atoms with E-state index >= 15 is 0 Å². The van der Waals surface area contributed by atoms with Gasteiger partial charge in [0.2, 0.25) is 0 Å². The van der Waals surface area contributed by atoms with E-state index in [-0.39, 0.29) is 11.7 Å². The zero-order chi connectivity index (χ0) is 15.7. The Hall–Kier alpha value is -2.75. The fourth-order valence-electron chi connectivity index (χ4n) is 2.40. The van der Waals surface area contributed by atoms with Crippen LogP contribution in [-0.4, -0.2) is 17.9 Å². The minimum absolute atomic E-state index is 0.137. The maximum Gasteiger partial charge on any atom is 0.259 e. The van der Waals surface area contributed by atoms with E-state index in [1.165, 1.54) is 12.1 Å². The summed E-state index contributed by atoms with van der Waals surface area (Å²) in [5.41, 5.74) is 2.47. The Labute approximate surface area is 128 Å². The van der Waals surface area contributed by atoms with Crippen LogP contribution in [0.5, 0.6) is 0 Å². The molecule has 0 spiro atoms. The number of carbonyl (C=O) groups is 1. The molecule has 0 radical (unpaired) electrons. The summed E-state index contributed by atoms with van der Waals surface area (Å²) in [6, 6.07) is 15.6. The Kier molecular flexibility index (Phi) is 3.59. The van der Waals surface area contributed by atoms with E-state index in [2.05, 4.69) is 4.98 Å². The molecule has 1 heterocycles. The van der Waals surface area contributed by atoms with E-state index in [9.17, 15) is 9.18 Å². The van der Waals surface area contributed by atoms with Crippen LogP contribution < -0.4 is 4.90 Å². The largest absolute Gasteiger partial charge is 0.311 e. The van der Waals surface area contributed by atoms with Crippen molar-refractivity contribution in [3.63, 3.8) is 0 Å². The van der Waals surface area contributed by atoms with E-state index in [1.54, 1.807) is 31.0 Å². The summed E-state index contributed by atoms with van der Waals surface area (Å²) < 4.78 is 13.3. The van der Waals surface area contributed by atoms with Crippen LogP contribution in [0, 0.1) is 12.7 Å². The van der Waals surface area contributed by atoms with Crippen LogP contribution in [0.1, 0.15) is 16.1 Å². The summed E-state index contributed by atoms with van der Waals surface area (Å²) in [6.07, 6.45) is 0. The molecule has 3 rings (SSSR count). The Bertz CT molecular complexity index is 846. The van der Waals surface area contributed by atoms with Crippen molar-refractivity contribution in [2.45, 2.75) is 6.92 Å². The van der Waals surface area contributed by atoms with Crippen molar-refractivity contribution < 1.29 is 9.18 Å². The summed E-state index contributed by atoms with van der Waals surface area (Å²) in [5, 5.41) is 0.747. The van der Waals surface area contributed by atoms with Crippen LogP contribution in [-0.2, 0) is 0 Å². The molecule has 0 N–H and O–H groups in total. The number of aromatic nitrogens is 1. The van der Waals surface area contributed by atoms with Crippen molar-refractivity contribution in [2.24, 2.45) is 0 Å². The van der Waals surface area contributed by atoms with Gasteiger partial charge in [-0.1, -0.05) is 18.2 Å². The van der Waals surface area contributed by atoms with Crippen molar-refractivity contribution >= 4 is 22.5 Å². The van der Waals surface area contributed by atoms with Crippen LogP contribution >= 0.6 is 0 Å². The molecule has 0 atom stereocenters. The van der Waals surface area contributed by atoms with Crippen LogP contribution in [0.2, 0.25) is 0 Å². The molecule has 0 unspecified atom stereocenters. The maximum atomic E-state index is 13.3. The van der Waals surface area contributed by atoms with Crippen LogP contribution in [0.3, 0.4) is 0 Å². The second-order valence-corrected chi connectivity index (χ2v) is 5.16. The summed E-state index contributed by atoms with van der Waals surface area (Å²) in [6.45, 7) is 1.76. The van der Waals surface area contributed by atoms with Gasteiger partial charge in [-0.2, -0.15) is 0 Å². The Balaban J connectivity index is 2.04. The average Bonchev–Trinajstić information content (AvgIpc) is 2.53. The highest BCUT2D eigenvalue weighted by Crippen LogP contribution is 2.21. The smallest absolute Gasteiger partial charge is 0.259 e. The molecule has 110 valence electrons. The van der Waals surface area contributed by atoms with E-state index in [0.717, 1.165) is 11.1 Å². The number of anilines is 1. The van der Waals surface area contributed by atoms with Gasteiger partial charge in [0.05, 0.1) is 16.8 Å². The monoisotopic (exact) mass is 294 g/mol. The second-order valence-electron chi connectivity index (χ2n) is 5.16. The molecule has 0 saturated carbocycles. The van der Waals surface area contributed by atoms with Gasteiger partial charge in [0.25, 0.3) is 5.91 Å². The number of hydrogen-bond donors (Lipinski definition) is 0. The summed E-state index contributed by atoms with van der Waals surface area (Å²) in [7, 11) is 1.73. The number of pyridine rings is 1. The third-order valence-electron chi connectivity index (χ3n) is 3.65. The molecular weight excluding hydrogens is 279 g/mol. The Morgan fingerprint density at radius 1 is 1.09 bits per heavy atom. The predicted octanol–water partition coefficient (Wildman–Crippen LogP) is 3.96. The van der Waals surface area contributed by atoms with Gasteiger partial charge >= 0.3 is 0 Å². The van der Waals surface area contributed by atoms with Gasteiger partial charge in [0, 0.05) is 24.2 Å². The average molecular weight is 294 g/mol. The normalized spacial score (nSPS) is 10.7. The number of nitrogens with zero attached hydrogens (tertiary/aromatic N) is 2. The van der Waals surface area contributed by atoms with Gasteiger partial charge < -0.3 is 4.90 Å². The molecule has 3 aromatic rings. The van der Waals surface area contributed by atoms with Crippen LogP contribution in [0.4, 0.5) is 10.1 Å². The molecule has 0 fully saturated rings. The lowest BCUT2D eigenvalue weighted by molar-refractivity contribution is 0.0992. The highest BCUT2D eigenvalue weighted by Gasteiger charge is 2.17. The SMILES string of the molecule is Cc1nc2cc(F)ccc2cc1C(=O)N(C)c1ccccc1. The lowest BCUT2D eigenvalue weighted by atomic mass is 10.1. The summed E-state index contributed by atoms with van der Waals surface area (Å²) in [4.78, 5) is 18.6. The maximum absolute atomic E-state index is 13.3. The highest BCUT2D eigenvalue weighted by atomic mass is 19.1. The van der Waals surface area contributed by atoms with Crippen molar-refractivity contribution in [3.8, 4) is 0 Å². The minimum Gasteiger partial charge on any atom is -0.311 e. The number of para-hydroxylation sites is 1. The fourth-order valence-corrected chi connectivity index (χ4v) is 2.40. The lowest BCUT2D eigenvalue weighted by Gasteiger charge is -2.18. The van der Waals surface area contributed by atoms with Gasteiger partial charge in [-0.25, -0.2) is 4.39 Å². The summed E-state index contributed by atoms with van der Waals surface area (Å²) >= 11 is 0. The number of carbonyl (C=O) groups excluding carboxylic acids is 1. The molecule has 0 saturated heterocycles. The predicted molar refractivity (Wildman–Crippen MR) is 85.6 cm³/mol. The van der Waals surface area contributed by atoms with Gasteiger partial charge in [-0.3, -0.25) is 9.78 Å². The van der Waals surface area contributed by atoms with E-state index in [0.29, 0.717) is 16.8 Å². The summed E-state index contributed by atoms with van der Waals surface area (Å²) in [5.74, 6) is -0.470. The fraction of sp³-hybridized carbons (Fsp3) is 0.111. The molecule has 0 aliphatic rings. The van der Waals surface area contributed by atoms with Crippen LogP contribution in [0.15, 0.2) is 54.6 Å². The molecular formula is C18H15FN2O. The molecule has 0 aliphatic carbocycles. The first-order valence-electron chi connectivity index (χ1n) is 6.96. The van der Waals surface area contributed by atoms with E-state index in [4.69, 9.17) is 0 Å². The molecule has 22 heavy (non-hydrogen) atoms. The molecule has 2 aromatic carbocycles. The first-order valence-corrected chi connectivity index (χ1v) is 6.96. The highest BCUT2D eigenvalue weighted by molar-refractivity contribution is 6.08. The number of hydrogen-bond acceptors (Lipinski definition) is 2. The first kappa shape index (κ1) is 14.2. The number of aryl methyl sites for hydroxylation is 1. The lowest BCUT2D eigenvalue weighted by Crippen LogP contribution is -2.27. The Morgan fingerprint density at radius 3 is 2.55 bits per heavy atom. The van der Waals surface area contributed by atoms with E-state index in [1.807, 2.05) is 30.3 Å². The van der Waals surface area contributed by atoms with Crippen LogP contribution in [0.25, 0.3) is 10.9 Å². The standard InChI is InChI=1S/C18H15FN2O/c1-12-16(10-13-8-9-14(19)11-17(13)20-12)18(22)21(2)15-6-4-3-5-7-15/h3-11H,1-2H3. The second kappa shape index (κ2) is 5.56.